The highest BCUT2D eigenvalue weighted by atomic mass is 35.5. The molecule has 7 heteroatoms. The van der Waals surface area contributed by atoms with Crippen LogP contribution in [0.5, 0.6) is 11.5 Å². The maximum Gasteiger partial charge on any atom is 0.307 e. The molecule has 0 aliphatic carbocycles. The minimum Gasteiger partial charge on any atom is -0.492 e. The predicted octanol–water partition coefficient (Wildman–Crippen LogP) is 6.59. The highest BCUT2D eigenvalue weighted by molar-refractivity contribution is 6.36. The Bertz CT molecular complexity index is 1070. The van der Waals surface area contributed by atoms with E-state index < -0.39 is 5.60 Å². The lowest BCUT2D eigenvalue weighted by atomic mass is 9.74. The number of rotatable bonds is 7. The third-order valence-corrected chi connectivity index (χ3v) is 7.75. The minimum atomic E-state index is -0.436. The van der Waals surface area contributed by atoms with E-state index in [1.54, 1.807) is 0 Å². The fraction of sp³-hybridized carbons (Fsp3) is 0.536. The highest BCUT2D eigenvalue weighted by Gasteiger charge is 2.43. The van der Waals surface area contributed by atoms with Crippen molar-refractivity contribution in [2.45, 2.75) is 71.0 Å². The van der Waals surface area contributed by atoms with E-state index in [0.717, 1.165) is 61.5 Å². The molecular weight excluding hydrogens is 485 g/mol. The maximum atomic E-state index is 12.1. The van der Waals surface area contributed by atoms with E-state index in [1.165, 1.54) is 5.56 Å². The van der Waals surface area contributed by atoms with Crippen LogP contribution in [0.1, 0.15) is 63.6 Å². The Labute approximate surface area is 218 Å². The number of nitrogens with zero attached hydrogens (tertiary/aromatic N) is 1. The van der Waals surface area contributed by atoms with E-state index in [4.69, 9.17) is 37.4 Å². The van der Waals surface area contributed by atoms with Crippen LogP contribution in [0.3, 0.4) is 0 Å². The lowest BCUT2D eigenvalue weighted by Crippen LogP contribution is -2.44. The molecule has 0 aromatic heterocycles. The molecule has 2 aliphatic rings. The normalized spacial score (nSPS) is 17.2. The summed E-state index contributed by atoms with van der Waals surface area (Å²) < 4.78 is 17.6. The summed E-state index contributed by atoms with van der Waals surface area (Å²) in [5.74, 6) is 1.50. The number of carbonyl (C=O) groups excluding carboxylic acids is 1. The van der Waals surface area contributed by atoms with E-state index >= 15 is 0 Å². The van der Waals surface area contributed by atoms with Crippen molar-refractivity contribution in [3.05, 3.63) is 57.1 Å². The zero-order valence-electron chi connectivity index (χ0n) is 21.1. The van der Waals surface area contributed by atoms with Crippen LogP contribution in [0, 0.1) is 0 Å². The average molecular weight is 520 g/mol. The van der Waals surface area contributed by atoms with Crippen LogP contribution in [0.25, 0.3) is 0 Å². The zero-order valence-corrected chi connectivity index (χ0v) is 22.6. The van der Waals surface area contributed by atoms with Gasteiger partial charge in [-0.25, -0.2) is 0 Å². The molecule has 0 amide bonds. The van der Waals surface area contributed by atoms with E-state index in [2.05, 4.69) is 17.9 Å². The second-order valence-electron chi connectivity index (χ2n) is 10.5. The molecule has 2 heterocycles. The Balaban J connectivity index is 1.35. The number of aryl methyl sites for hydroxylation is 1. The number of piperidine rings is 1. The van der Waals surface area contributed by atoms with Crippen LogP contribution in [0.2, 0.25) is 10.0 Å². The SMILES string of the molecule is CCc1ccc(Cl)c(COc2ccc3c(c2)OCC32CCN(CCC(=O)OC(C)(C)C)CC2)c1Cl. The average Bonchev–Trinajstić information content (AvgIpc) is 3.15. The van der Waals surface area contributed by atoms with Crippen molar-refractivity contribution in [3.63, 3.8) is 0 Å². The van der Waals surface area contributed by atoms with Gasteiger partial charge in [0.2, 0.25) is 0 Å². The van der Waals surface area contributed by atoms with Gasteiger partial charge in [-0.2, -0.15) is 0 Å². The summed E-state index contributed by atoms with van der Waals surface area (Å²) in [5, 5.41) is 1.29. The third-order valence-electron chi connectivity index (χ3n) is 6.92. The molecule has 1 spiro atoms. The molecule has 2 aromatic carbocycles. The summed E-state index contributed by atoms with van der Waals surface area (Å²) >= 11 is 12.9. The van der Waals surface area contributed by atoms with E-state index in [1.807, 2.05) is 45.0 Å². The van der Waals surface area contributed by atoms with Crippen molar-refractivity contribution in [3.8, 4) is 11.5 Å². The Hall–Kier alpha value is -1.95. The number of carbonyl (C=O) groups is 1. The summed E-state index contributed by atoms with van der Waals surface area (Å²) in [4.78, 5) is 14.4. The molecule has 190 valence electrons. The molecule has 0 atom stereocenters. The van der Waals surface area contributed by atoms with Gasteiger partial charge in [0.25, 0.3) is 0 Å². The molecule has 1 saturated heterocycles. The van der Waals surface area contributed by atoms with Crippen molar-refractivity contribution in [2.24, 2.45) is 0 Å². The van der Waals surface area contributed by atoms with Gasteiger partial charge in [0.15, 0.2) is 0 Å². The molecule has 0 saturated carbocycles. The van der Waals surface area contributed by atoms with Crippen molar-refractivity contribution >= 4 is 29.2 Å². The van der Waals surface area contributed by atoms with Gasteiger partial charge in [-0.1, -0.05) is 42.3 Å². The first kappa shape index (κ1) is 26.1. The third kappa shape index (κ3) is 6.07. The molecule has 0 N–H and O–H groups in total. The second-order valence-corrected chi connectivity index (χ2v) is 11.3. The smallest absolute Gasteiger partial charge is 0.307 e. The number of likely N-dealkylation sites (tertiary alicyclic amines) is 1. The summed E-state index contributed by atoms with van der Waals surface area (Å²) in [7, 11) is 0. The molecule has 2 aromatic rings. The number of fused-ring (bicyclic) bond motifs is 2. The van der Waals surface area contributed by atoms with E-state index in [9.17, 15) is 4.79 Å². The van der Waals surface area contributed by atoms with E-state index in [0.29, 0.717) is 29.7 Å². The molecule has 0 bridgehead atoms. The van der Waals surface area contributed by atoms with Crippen LogP contribution in [0.4, 0.5) is 0 Å². The molecule has 1 fully saturated rings. The molecule has 0 unspecified atom stereocenters. The molecule has 35 heavy (non-hydrogen) atoms. The fourth-order valence-corrected chi connectivity index (χ4v) is 5.52. The van der Waals surface area contributed by atoms with Gasteiger partial charge in [-0.15, -0.1) is 0 Å². The van der Waals surface area contributed by atoms with Gasteiger partial charge in [0, 0.05) is 34.2 Å². The fourth-order valence-electron chi connectivity index (χ4n) is 4.91. The first-order valence-corrected chi connectivity index (χ1v) is 13.2. The van der Waals surface area contributed by atoms with E-state index in [-0.39, 0.29) is 11.4 Å². The van der Waals surface area contributed by atoms with Gasteiger partial charge in [-0.05, 0) is 70.8 Å². The Kier molecular flexibility index (Phi) is 7.89. The van der Waals surface area contributed by atoms with Crippen LogP contribution in [0.15, 0.2) is 30.3 Å². The van der Waals surface area contributed by atoms with Crippen LogP contribution < -0.4 is 9.47 Å². The number of benzene rings is 2. The largest absolute Gasteiger partial charge is 0.492 e. The first-order chi connectivity index (χ1) is 16.6. The molecular formula is C28H35Cl2NO4. The first-order valence-electron chi connectivity index (χ1n) is 12.4. The Morgan fingerprint density at radius 3 is 2.57 bits per heavy atom. The summed E-state index contributed by atoms with van der Waals surface area (Å²) in [6.07, 6.45) is 3.27. The predicted molar refractivity (Wildman–Crippen MR) is 140 cm³/mol. The molecule has 0 radical (unpaired) electrons. The standard InChI is InChI=1S/C28H35Cl2NO4/c1-5-19-6-9-23(29)21(26(19)30)17-33-20-7-8-22-24(16-20)34-18-28(22)11-14-31(15-12-28)13-10-25(32)35-27(2,3)4/h6-9,16H,5,10-15,17-18H2,1-4H3. The van der Waals surface area contributed by atoms with Crippen molar-refractivity contribution < 1.29 is 19.0 Å². The van der Waals surface area contributed by atoms with Crippen molar-refractivity contribution in [2.75, 3.05) is 26.2 Å². The quantitative estimate of drug-likeness (QED) is 0.386. The van der Waals surface area contributed by atoms with Crippen LogP contribution in [-0.4, -0.2) is 42.7 Å². The van der Waals surface area contributed by atoms with Crippen LogP contribution >= 0.6 is 23.2 Å². The lowest BCUT2D eigenvalue weighted by Gasteiger charge is -2.38. The monoisotopic (exact) mass is 519 g/mol. The minimum absolute atomic E-state index is 0.0261. The number of hydrogen-bond acceptors (Lipinski definition) is 5. The summed E-state index contributed by atoms with van der Waals surface area (Å²) in [6, 6.07) is 9.96. The molecule has 2 aliphatic heterocycles. The van der Waals surface area contributed by atoms with Crippen molar-refractivity contribution in [1.29, 1.82) is 0 Å². The Morgan fingerprint density at radius 1 is 1.14 bits per heavy atom. The van der Waals surface area contributed by atoms with Gasteiger partial charge in [0.05, 0.1) is 18.1 Å². The van der Waals surface area contributed by atoms with Crippen LogP contribution in [-0.2, 0) is 28.0 Å². The summed E-state index contributed by atoms with van der Waals surface area (Å²) in [5.41, 5.74) is 2.71. The van der Waals surface area contributed by atoms with Gasteiger partial charge >= 0.3 is 5.97 Å². The topological polar surface area (TPSA) is 48.0 Å². The lowest BCUT2D eigenvalue weighted by molar-refractivity contribution is -0.155. The summed E-state index contributed by atoms with van der Waals surface area (Å²) in [6.45, 7) is 11.4. The van der Waals surface area contributed by atoms with Gasteiger partial charge in [-0.3, -0.25) is 4.79 Å². The molecule has 5 nitrogen and oxygen atoms in total. The maximum absolute atomic E-state index is 12.1. The highest BCUT2D eigenvalue weighted by Crippen LogP contribution is 2.46. The molecule has 4 rings (SSSR count). The number of esters is 1. The Morgan fingerprint density at radius 2 is 1.89 bits per heavy atom. The second kappa shape index (κ2) is 10.6. The number of ether oxygens (including phenoxy) is 3. The van der Waals surface area contributed by atoms with Crippen molar-refractivity contribution in [1.82, 2.24) is 4.90 Å². The number of halogens is 2. The number of hydrogen-bond donors (Lipinski definition) is 0. The van der Waals surface area contributed by atoms with Gasteiger partial charge in [0.1, 0.15) is 23.7 Å². The van der Waals surface area contributed by atoms with Gasteiger partial charge < -0.3 is 19.1 Å². The zero-order chi connectivity index (χ0) is 25.2.